The van der Waals surface area contributed by atoms with Crippen LogP contribution in [0.3, 0.4) is 0 Å². The van der Waals surface area contributed by atoms with Crippen molar-refractivity contribution in [1.82, 2.24) is 10.2 Å². The molecular formula is C29H33FN2O3. The Bertz CT molecular complexity index is 1100. The summed E-state index contributed by atoms with van der Waals surface area (Å²) in [6, 6.07) is 22.5. The molecule has 0 bridgehead atoms. The van der Waals surface area contributed by atoms with Crippen LogP contribution in [0.1, 0.15) is 43.4 Å². The van der Waals surface area contributed by atoms with E-state index in [9.17, 15) is 14.0 Å². The molecule has 35 heavy (non-hydrogen) atoms. The standard InChI is InChI=1S/C29H33FN2O3/c1-4-31-29(34)27(18-22-10-6-5-7-11-22)32(19-24-12-8-9-13-26(24)30)28(33)20-35-25-16-14-23(15-17-25)21(2)3/h5-17,21,27H,4,18-20H2,1-3H3,(H,31,34)/t27-/m1/s1. The van der Waals surface area contributed by atoms with Crippen LogP contribution < -0.4 is 10.1 Å². The monoisotopic (exact) mass is 476 g/mol. The highest BCUT2D eigenvalue weighted by atomic mass is 19.1. The van der Waals surface area contributed by atoms with Crippen LogP contribution in [0.15, 0.2) is 78.9 Å². The number of hydrogen-bond donors (Lipinski definition) is 1. The molecule has 1 N–H and O–H groups in total. The molecule has 1 atom stereocenters. The molecule has 0 aliphatic rings. The van der Waals surface area contributed by atoms with E-state index in [1.807, 2.05) is 61.5 Å². The van der Waals surface area contributed by atoms with E-state index in [1.165, 1.54) is 16.5 Å². The maximum Gasteiger partial charge on any atom is 0.261 e. The molecule has 6 heteroatoms. The Labute approximate surface area is 206 Å². The predicted molar refractivity (Wildman–Crippen MR) is 136 cm³/mol. The summed E-state index contributed by atoms with van der Waals surface area (Å²) in [6.45, 7) is 6.15. The quantitative estimate of drug-likeness (QED) is 0.419. The van der Waals surface area contributed by atoms with E-state index in [4.69, 9.17) is 4.74 Å². The number of nitrogens with zero attached hydrogens (tertiary/aromatic N) is 1. The van der Waals surface area contributed by atoms with Gasteiger partial charge in [0.15, 0.2) is 6.61 Å². The van der Waals surface area contributed by atoms with Crippen molar-refractivity contribution in [2.45, 2.75) is 45.7 Å². The van der Waals surface area contributed by atoms with Crippen molar-refractivity contribution in [3.63, 3.8) is 0 Å². The van der Waals surface area contributed by atoms with Gasteiger partial charge in [-0.2, -0.15) is 0 Å². The molecule has 0 spiro atoms. The molecule has 3 aromatic rings. The molecule has 0 fully saturated rings. The molecule has 0 saturated heterocycles. The Morgan fingerprint density at radius 1 is 0.943 bits per heavy atom. The van der Waals surface area contributed by atoms with Gasteiger partial charge in [-0.15, -0.1) is 0 Å². The minimum absolute atomic E-state index is 0.0458. The summed E-state index contributed by atoms with van der Waals surface area (Å²) in [7, 11) is 0. The summed E-state index contributed by atoms with van der Waals surface area (Å²) in [4.78, 5) is 28.0. The van der Waals surface area contributed by atoms with E-state index in [0.29, 0.717) is 30.2 Å². The minimum Gasteiger partial charge on any atom is -0.484 e. The number of likely N-dealkylation sites (N-methyl/N-ethyl adjacent to an activating group) is 1. The maximum atomic E-state index is 14.5. The number of amides is 2. The Morgan fingerprint density at radius 3 is 2.23 bits per heavy atom. The third-order valence-electron chi connectivity index (χ3n) is 5.83. The molecule has 0 aliphatic carbocycles. The molecule has 184 valence electrons. The minimum atomic E-state index is -0.823. The lowest BCUT2D eigenvalue weighted by molar-refractivity contribution is -0.142. The lowest BCUT2D eigenvalue weighted by Gasteiger charge is -2.31. The van der Waals surface area contributed by atoms with Gasteiger partial charge in [0.1, 0.15) is 17.6 Å². The Hall–Kier alpha value is -3.67. The maximum absolute atomic E-state index is 14.5. The first kappa shape index (κ1) is 25.9. The van der Waals surface area contributed by atoms with Crippen LogP contribution >= 0.6 is 0 Å². The smallest absolute Gasteiger partial charge is 0.261 e. The van der Waals surface area contributed by atoms with Gasteiger partial charge in [0.05, 0.1) is 0 Å². The third-order valence-corrected chi connectivity index (χ3v) is 5.83. The van der Waals surface area contributed by atoms with Crippen LogP contribution in [-0.4, -0.2) is 35.9 Å². The Morgan fingerprint density at radius 2 is 1.60 bits per heavy atom. The summed E-state index contributed by atoms with van der Waals surface area (Å²) >= 11 is 0. The summed E-state index contributed by atoms with van der Waals surface area (Å²) < 4.78 is 20.3. The summed E-state index contributed by atoms with van der Waals surface area (Å²) in [5, 5.41) is 2.82. The normalized spacial score (nSPS) is 11.7. The van der Waals surface area contributed by atoms with Gasteiger partial charge in [0, 0.05) is 25.1 Å². The van der Waals surface area contributed by atoms with E-state index < -0.39 is 17.8 Å². The van der Waals surface area contributed by atoms with Gasteiger partial charge in [-0.1, -0.05) is 74.5 Å². The number of benzene rings is 3. The number of nitrogens with one attached hydrogen (secondary N) is 1. The highest BCUT2D eigenvalue weighted by Crippen LogP contribution is 2.20. The SMILES string of the molecule is CCNC(=O)[C@@H](Cc1ccccc1)N(Cc1ccccc1F)C(=O)COc1ccc(C(C)C)cc1. The van der Waals surface area contributed by atoms with Crippen LogP contribution in [0, 0.1) is 5.82 Å². The van der Waals surface area contributed by atoms with Crippen LogP contribution in [0.4, 0.5) is 4.39 Å². The van der Waals surface area contributed by atoms with Crippen molar-refractivity contribution in [2.75, 3.05) is 13.2 Å². The highest BCUT2D eigenvalue weighted by Gasteiger charge is 2.31. The van der Waals surface area contributed by atoms with Gasteiger partial charge in [0.25, 0.3) is 5.91 Å². The first-order chi connectivity index (χ1) is 16.9. The average molecular weight is 477 g/mol. The van der Waals surface area contributed by atoms with Crippen molar-refractivity contribution in [3.8, 4) is 5.75 Å². The molecular weight excluding hydrogens is 443 g/mol. The zero-order valence-corrected chi connectivity index (χ0v) is 20.5. The van der Waals surface area contributed by atoms with E-state index in [-0.39, 0.29) is 19.1 Å². The van der Waals surface area contributed by atoms with E-state index in [2.05, 4.69) is 19.2 Å². The fourth-order valence-corrected chi connectivity index (χ4v) is 3.83. The number of halogens is 1. The molecule has 2 amide bonds. The molecule has 3 rings (SSSR count). The summed E-state index contributed by atoms with van der Waals surface area (Å²) in [6.07, 6.45) is 0.302. The second-order valence-electron chi connectivity index (χ2n) is 8.73. The van der Waals surface area contributed by atoms with Gasteiger partial charge in [-0.25, -0.2) is 4.39 Å². The van der Waals surface area contributed by atoms with Crippen LogP contribution in [-0.2, 0) is 22.6 Å². The average Bonchev–Trinajstić information content (AvgIpc) is 2.86. The van der Waals surface area contributed by atoms with Gasteiger partial charge in [-0.3, -0.25) is 9.59 Å². The number of ether oxygens (including phenoxy) is 1. The second kappa shape index (κ2) is 12.7. The van der Waals surface area contributed by atoms with Crippen LogP contribution in [0.25, 0.3) is 0 Å². The topological polar surface area (TPSA) is 58.6 Å². The number of rotatable bonds is 11. The molecule has 0 heterocycles. The van der Waals surface area contributed by atoms with Crippen LogP contribution in [0.2, 0.25) is 0 Å². The van der Waals surface area contributed by atoms with Crippen molar-refractivity contribution in [3.05, 3.63) is 101 Å². The lowest BCUT2D eigenvalue weighted by Crippen LogP contribution is -2.51. The molecule has 0 aliphatic heterocycles. The lowest BCUT2D eigenvalue weighted by atomic mass is 10.0. The fraction of sp³-hybridized carbons (Fsp3) is 0.310. The van der Waals surface area contributed by atoms with Gasteiger partial charge >= 0.3 is 0 Å². The summed E-state index contributed by atoms with van der Waals surface area (Å²) in [5.74, 6) is -0.162. The number of carbonyl (C=O) groups is 2. The van der Waals surface area contributed by atoms with Gasteiger partial charge in [-0.05, 0) is 42.2 Å². The number of hydrogen-bond acceptors (Lipinski definition) is 3. The van der Waals surface area contributed by atoms with Crippen molar-refractivity contribution >= 4 is 11.8 Å². The molecule has 5 nitrogen and oxygen atoms in total. The Balaban J connectivity index is 1.87. The van der Waals surface area contributed by atoms with Crippen molar-refractivity contribution < 1.29 is 18.7 Å². The Kier molecular flexibility index (Phi) is 9.41. The van der Waals surface area contributed by atoms with E-state index >= 15 is 0 Å². The molecule has 0 saturated carbocycles. The zero-order chi connectivity index (χ0) is 25.2. The van der Waals surface area contributed by atoms with Gasteiger partial charge < -0.3 is 15.0 Å². The molecule has 3 aromatic carbocycles. The second-order valence-corrected chi connectivity index (χ2v) is 8.73. The molecule has 0 radical (unpaired) electrons. The first-order valence-electron chi connectivity index (χ1n) is 12.0. The van der Waals surface area contributed by atoms with E-state index in [1.54, 1.807) is 18.2 Å². The number of carbonyl (C=O) groups excluding carboxylic acids is 2. The third kappa shape index (κ3) is 7.41. The predicted octanol–water partition coefficient (Wildman–Crippen LogP) is 5.10. The van der Waals surface area contributed by atoms with E-state index in [0.717, 1.165) is 5.56 Å². The molecule has 0 unspecified atom stereocenters. The molecule has 0 aromatic heterocycles. The summed E-state index contributed by atoms with van der Waals surface area (Å²) in [5.41, 5.74) is 2.41. The van der Waals surface area contributed by atoms with Gasteiger partial charge in [0.2, 0.25) is 5.91 Å². The largest absolute Gasteiger partial charge is 0.484 e. The van der Waals surface area contributed by atoms with Crippen LogP contribution in [0.5, 0.6) is 5.75 Å². The first-order valence-corrected chi connectivity index (χ1v) is 12.0. The zero-order valence-electron chi connectivity index (χ0n) is 20.5. The fourth-order valence-electron chi connectivity index (χ4n) is 3.83. The highest BCUT2D eigenvalue weighted by molar-refractivity contribution is 5.88. The van der Waals surface area contributed by atoms with Crippen molar-refractivity contribution in [1.29, 1.82) is 0 Å². The van der Waals surface area contributed by atoms with Crippen molar-refractivity contribution in [2.24, 2.45) is 0 Å².